The predicted molar refractivity (Wildman–Crippen MR) is 196 cm³/mol. The molecule has 0 aromatic carbocycles. The molecule has 0 spiro atoms. The zero-order valence-electron chi connectivity index (χ0n) is 31.2. The van der Waals surface area contributed by atoms with Crippen LogP contribution in [0, 0.1) is 46.3 Å². The van der Waals surface area contributed by atoms with Crippen LogP contribution in [-0.4, -0.2) is 80.7 Å². The minimum absolute atomic E-state index is 0.00855. The van der Waals surface area contributed by atoms with Crippen molar-refractivity contribution in [1.29, 1.82) is 0 Å². The number of nitrogens with two attached hydrogens (primary N) is 2. The highest BCUT2D eigenvalue weighted by Gasteiger charge is 2.64. The van der Waals surface area contributed by atoms with Gasteiger partial charge in [-0.25, -0.2) is 0 Å². The fraction of sp³-hybridized carbons (Fsp3) is 0.923. The molecular weight excluding hydrogens is 616 g/mol. The third-order valence-corrected chi connectivity index (χ3v) is 14.0. The van der Waals surface area contributed by atoms with Gasteiger partial charge in [-0.2, -0.15) is 0 Å². The number of hydrogen-bond acceptors (Lipinski definition) is 8. The first kappa shape index (κ1) is 40.2. The van der Waals surface area contributed by atoms with Crippen molar-refractivity contribution < 1.29 is 19.5 Å². The van der Waals surface area contributed by atoms with Crippen LogP contribution in [0.25, 0.3) is 0 Å². The topological polar surface area (TPSA) is 172 Å². The fourth-order valence-corrected chi connectivity index (χ4v) is 11.3. The third-order valence-electron chi connectivity index (χ3n) is 14.0. The molecule has 49 heavy (non-hydrogen) atoms. The molecule has 10 heteroatoms. The van der Waals surface area contributed by atoms with Crippen molar-refractivity contribution in [2.24, 2.45) is 57.8 Å². The first-order valence-electron chi connectivity index (χ1n) is 20.1. The van der Waals surface area contributed by atoms with Crippen LogP contribution in [0.1, 0.15) is 124 Å². The number of aldehydes is 1. The number of hydrogen-bond donors (Lipinski definition) is 7. The zero-order chi connectivity index (χ0) is 35.4. The van der Waals surface area contributed by atoms with Crippen LogP contribution >= 0.6 is 0 Å². The Bertz CT molecular complexity index is 1050. The summed E-state index contributed by atoms with van der Waals surface area (Å²) in [6.45, 7) is 12.7. The molecule has 0 saturated heterocycles. The highest BCUT2D eigenvalue weighted by Crippen LogP contribution is 2.68. The molecule has 10 nitrogen and oxygen atoms in total. The monoisotopic (exact) mass is 689 g/mol. The zero-order valence-corrected chi connectivity index (χ0v) is 31.2. The maximum Gasteiger partial charge on any atom is 0.220 e. The summed E-state index contributed by atoms with van der Waals surface area (Å²) < 4.78 is 0. The smallest absolute Gasteiger partial charge is 0.220 e. The number of nitrogens with one attached hydrogen (secondary N) is 4. The van der Waals surface area contributed by atoms with E-state index in [2.05, 4.69) is 42.0 Å². The SMILES string of the molecule is C[C@H](CCC(=O)NCCCNCCCCNCCCN)[C@H]1CCC2C3CC[C@@H]4C[C@H](O)CC[C@]4(C)C3C[C@H](NC(C=O)CCC(N)=O)[C@@]21C. The average molecular weight is 689 g/mol. The van der Waals surface area contributed by atoms with Crippen LogP contribution in [0.3, 0.4) is 0 Å². The number of primary amides is 1. The summed E-state index contributed by atoms with van der Waals surface area (Å²) in [5.74, 6) is 2.98. The summed E-state index contributed by atoms with van der Waals surface area (Å²) in [7, 11) is 0. The Balaban J connectivity index is 1.31. The number of unbranched alkanes of at least 4 members (excludes halogenated alkanes) is 1. The largest absolute Gasteiger partial charge is 0.393 e. The Morgan fingerprint density at radius 2 is 1.59 bits per heavy atom. The van der Waals surface area contributed by atoms with Crippen molar-refractivity contribution in [1.82, 2.24) is 21.3 Å². The normalized spacial score (nSPS) is 35.1. The summed E-state index contributed by atoms with van der Waals surface area (Å²) in [6.07, 6.45) is 15.8. The Hall–Kier alpha value is -1.59. The van der Waals surface area contributed by atoms with E-state index < -0.39 is 6.04 Å². The molecule has 0 aromatic heterocycles. The lowest BCUT2D eigenvalue weighted by Crippen LogP contribution is -2.63. The van der Waals surface area contributed by atoms with Crippen molar-refractivity contribution in [3.05, 3.63) is 0 Å². The second-order valence-electron chi connectivity index (χ2n) is 16.9. The third kappa shape index (κ3) is 10.3. The van der Waals surface area contributed by atoms with Gasteiger partial charge in [0.1, 0.15) is 6.29 Å². The van der Waals surface area contributed by atoms with E-state index >= 15 is 0 Å². The van der Waals surface area contributed by atoms with E-state index in [0.717, 1.165) is 103 Å². The van der Waals surface area contributed by atoms with Crippen LogP contribution in [0.5, 0.6) is 0 Å². The minimum Gasteiger partial charge on any atom is -0.393 e. The summed E-state index contributed by atoms with van der Waals surface area (Å²) in [4.78, 5) is 36.9. The Labute approximate surface area is 297 Å². The average Bonchev–Trinajstić information content (AvgIpc) is 3.44. The summed E-state index contributed by atoms with van der Waals surface area (Å²) in [5, 5.41) is 24.4. The van der Waals surface area contributed by atoms with Gasteiger partial charge in [0.15, 0.2) is 0 Å². The molecule has 4 aliphatic carbocycles. The summed E-state index contributed by atoms with van der Waals surface area (Å²) in [6, 6.07) is -0.236. The number of aliphatic hydroxyl groups is 1. The molecule has 4 saturated carbocycles. The van der Waals surface area contributed by atoms with E-state index in [0.29, 0.717) is 54.9 Å². The van der Waals surface area contributed by atoms with Gasteiger partial charge in [0.2, 0.25) is 11.8 Å². The predicted octanol–water partition coefficient (Wildman–Crippen LogP) is 3.64. The van der Waals surface area contributed by atoms with E-state index in [1.54, 1.807) is 0 Å². The van der Waals surface area contributed by atoms with Gasteiger partial charge in [-0.05, 0) is 169 Å². The van der Waals surface area contributed by atoms with Crippen molar-refractivity contribution in [2.45, 2.75) is 142 Å². The van der Waals surface area contributed by atoms with Crippen LogP contribution in [0.15, 0.2) is 0 Å². The number of amides is 2. The molecule has 0 aromatic rings. The molecule has 2 amide bonds. The van der Waals surface area contributed by atoms with Gasteiger partial charge in [-0.15, -0.1) is 0 Å². The van der Waals surface area contributed by atoms with Crippen molar-refractivity contribution in [2.75, 3.05) is 39.3 Å². The lowest BCUT2D eigenvalue weighted by Gasteiger charge is -2.63. The molecule has 0 bridgehead atoms. The lowest BCUT2D eigenvalue weighted by atomic mass is 9.43. The standard InChI is InChI=1S/C39H72N6O4/c1-27(8-15-37(49)44-23-7-22-43-20-5-4-19-42-21-6-18-40)32-12-13-33-31-11-9-28-24-30(47)16-17-38(28,2)34(31)25-35(39(32,33)3)45-29(26-46)10-14-36(41)48/h26-35,42-43,45,47H,4-25,40H2,1-3H3,(H2,41,48)(H,44,49)/t27-,28-,29?,30-,31?,32-,33?,34?,35+,38+,39-/m1/s1. The summed E-state index contributed by atoms with van der Waals surface area (Å²) in [5.41, 5.74) is 11.2. The fourth-order valence-electron chi connectivity index (χ4n) is 11.3. The number of carbonyl (C=O) groups excluding carboxylic acids is 3. The highest BCUT2D eigenvalue weighted by molar-refractivity contribution is 5.75. The van der Waals surface area contributed by atoms with Crippen LogP contribution < -0.4 is 32.7 Å². The second kappa shape index (κ2) is 19.3. The maximum absolute atomic E-state index is 12.9. The van der Waals surface area contributed by atoms with Gasteiger partial charge in [0, 0.05) is 25.4 Å². The molecule has 4 aliphatic rings. The summed E-state index contributed by atoms with van der Waals surface area (Å²) >= 11 is 0. The Kier molecular flexibility index (Phi) is 15.8. The quantitative estimate of drug-likeness (QED) is 0.0668. The molecular formula is C39H72N6O4. The molecule has 282 valence electrons. The van der Waals surface area contributed by atoms with Gasteiger partial charge >= 0.3 is 0 Å². The molecule has 4 unspecified atom stereocenters. The van der Waals surface area contributed by atoms with Crippen LogP contribution in [0.4, 0.5) is 0 Å². The van der Waals surface area contributed by atoms with Crippen molar-refractivity contribution in [3.63, 3.8) is 0 Å². The van der Waals surface area contributed by atoms with Crippen molar-refractivity contribution in [3.8, 4) is 0 Å². The van der Waals surface area contributed by atoms with Crippen molar-refractivity contribution >= 4 is 18.1 Å². The van der Waals surface area contributed by atoms with Gasteiger partial charge in [0.05, 0.1) is 12.1 Å². The van der Waals surface area contributed by atoms with Gasteiger partial charge in [0.25, 0.3) is 0 Å². The second-order valence-corrected chi connectivity index (χ2v) is 16.9. The van der Waals surface area contributed by atoms with Crippen LogP contribution in [-0.2, 0) is 14.4 Å². The number of fused-ring (bicyclic) bond motifs is 5. The van der Waals surface area contributed by atoms with E-state index in [9.17, 15) is 19.5 Å². The first-order valence-corrected chi connectivity index (χ1v) is 20.1. The van der Waals surface area contributed by atoms with Gasteiger partial charge < -0.3 is 42.6 Å². The number of carbonyl (C=O) groups is 3. The molecule has 0 radical (unpaired) electrons. The minimum atomic E-state index is -0.396. The molecule has 0 heterocycles. The molecule has 4 fully saturated rings. The number of rotatable bonds is 22. The van der Waals surface area contributed by atoms with E-state index in [-0.39, 0.29) is 41.2 Å². The van der Waals surface area contributed by atoms with Crippen LogP contribution in [0.2, 0.25) is 0 Å². The molecule has 9 N–H and O–H groups in total. The lowest BCUT2D eigenvalue weighted by molar-refractivity contribution is -0.143. The highest BCUT2D eigenvalue weighted by atomic mass is 16.3. The van der Waals surface area contributed by atoms with Gasteiger partial charge in [-0.1, -0.05) is 20.8 Å². The van der Waals surface area contributed by atoms with E-state index in [4.69, 9.17) is 11.5 Å². The Morgan fingerprint density at radius 1 is 0.878 bits per heavy atom. The molecule has 0 aliphatic heterocycles. The molecule has 11 atom stereocenters. The van der Waals surface area contributed by atoms with Gasteiger partial charge in [-0.3, -0.25) is 9.59 Å². The van der Waals surface area contributed by atoms with E-state index in [1.165, 1.54) is 19.3 Å². The first-order chi connectivity index (χ1) is 23.5. The maximum atomic E-state index is 12.9. The Morgan fingerprint density at radius 3 is 2.29 bits per heavy atom. The number of aliphatic hydroxyl groups excluding tert-OH is 1. The van der Waals surface area contributed by atoms with E-state index in [1.807, 2.05) is 0 Å². The molecule has 4 rings (SSSR count).